The predicted molar refractivity (Wildman–Crippen MR) is 64.5 cm³/mol. The van der Waals surface area contributed by atoms with Crippen LogP contribution in [0.15, 0.2) is 50.4 Å². The fourth-order valence-corrected chi connectivity index (χ4v) is 1.34. The molecule has 0 fully saturated rings. The van der Waals surface area contributed by atoms with E-state index in [4.69, 9.17) is 15.6 Å². The number of halogens is 1. The molecule has 7 heteroatoms. The molecule has 0 aliphatic carbocycles. The van der Waals surface area contributed by atoms with Gasteiger partial charge < -0.3 is 5.11 Å². The number of carbonyl (C=O) groups excluding carboxylic acids is 1. The van der Waals surface area contributed by atoms with Crippen LogP contribution in [0.1, 0.15) is 0 Å². The lowest BCUT2D eigenvalue weighted by atomic mass is 10.3. The number of nitriles is 2. The molecule has 18 heavy (non-hydrogen) atoms. The summed E-state index contributed by atoms with van der Waals surface area (Å²) in [6.45, 7) is 0. The molecule has 88 valence electrons. The number of ketones is 1. The van der Waals surface area contributed by atoms with Crippen molar-refractivity contribution in [1.82, 2.24) is 0 Å². The SMILES string of the molecule is N#CC(=O)/C(N=Nc1cccc(Br)c1)=C(/O)C#N. The van der Waals surface area contributed by atoms with E-state index < -0.39 is 17.2 Å². The van der Waals surface area contributed by atoms with E-state index in [-0.39, 0.29) is 0 Å². The number of azo groups is 1. The second kappa shape index (κ2) is 6.28. The average molecular weight is 305 g/mol. The van der Waals surface area contributed by atoms with Crippen molar-refractivity contribution in [2.24, 2.45) is 10.2 Å². The maximum Gasteiger partial charge on any atom is 0.286 e. The van der Waals surface area contributed by atoms with Gasteiger partial charge in [0, 0.05) is 4.47 Å². The number of Topliss-reactive ketones (excluding diaryl/α,β-unsaturated/α-hetero) is 1. The summed E-state index contributed by atoms with van der Waals surface area (Å²) in [6.07, 6.45) is 0. The molecule has 0 saturated heterocycles. The topological polar surface area (TPSA) is 110 Å². The minimum absolute atomic E-state index is 0.401. The monoisotopic (exact) mass is 304 g/mol. The van der Waals surface area contributed by atoms with Gasteiger partial charge in [0.1, 0.15) is 12.1 Å². The average Bonchev–Trinajstić information content (AvgIpc) is 2.38. The molecular weight excluding hydrogens is 300 g/mol. The Labute approximate surface area is 111 Å². The summed E-state index contributed by atoms with van der Waals surface area (Å²) in [5.41, 5.74) is -0.279. The molecule has 0 aliphatic heterocycles. The molecule has 1 rings (SSSR count). The van der Waals surface area contributed by atoms with Crippen molar-refractivity contribution in [1.29, 1.82) is 10.5 Å². The van der Waals surface area contributed by atoms with Crippen molar-refractivity contribution < 1.29 is 9.90 Å². The van der Waals surface area contributed by atoms with Gasteiger partial charge in [-0.05, 0) is 18.2 Å². The zero-order valence-corrected chi connectivity index (χ0v) is 10.4. The lowest BCUT2D eigenvalue weighted by molar-refractivity contribution is -0.110. The maximum absolute atomic E-state index is 11.1. The van der Waals surface area contributed by atoms with Crippen molar-refractivity contribution in [3.05, 3.63) is 40.2 Å². The van der Waals surface area contributed by atoms with Crippen LogP contribution < -0.4 is 0 Å². The first-order chi connectivity index (χ1) is 8.58. The Morgan fingerprint density at radius 3 is 2.61 bits per heavy atom. The lowest BCUT2D eigenvalue weighted by Crippen LogP contribution is -1.99. The van der Waals surface area contributed by atoms with Crippen molar-refractivity contribution in [2.45, 2.75) is 0 Å². The van der Waals surface area contributed by atoms with E-state index in [1.54, 1.807) is 24.3 Å². The van der Waals surface area contributed by atoms with Gasteiger partial charge in [0.2, 0.25) is 5.76 Å². The number of aliphatic hydroxyl groups is 1. The van der Waals surface area contributed by atoms with Crippen LogP contribution >= 0.6 is 15.9 Å². The first kappa shape index (κ1) is 13.6. The number of allylic oxidation sites excluding steroid dienone is 2. The molecular formula is C11H5BrN4O2. The zero-order chi connectivity index (χ0) is 13.5. The van der Waals surface area contributed by atoms with Crippen molar-refractivity contribution in [3.63, 3.8) is 0 Å². The second-order valence-electron chi connectivity index (χ2n) is 2.93. The molecule has 0 radical (unpaired) electrons. The highest BCUT2D eigenvalue weighted by Gasteiger charge is 2.14. The molecule has 0 aliphatic rings. The Morgan fingerprint density at radius 1 is 1.33 bits per heavy atom. The Kier molecular flexibility index (Phi) is 4.73. The third-order valence-electron chi connectivity index (χ3n) is 1.72. The molecule has 0 saturated carbocycles. The Morgan fingerprint density at radius 2 is 2.06 bits per heavy atom. The minimum Gasteiger partial charge on any atom is -0.498 e. The molecule has 1 aromatic rings. The number of nitrogens with zero attached hydrogens (tertiary/aromatic N) is 4. The summed E-state index contributed by atoms with van der Waals surface area (Å²) < 4.78 is 0.751. The number of benzene rings is 1. The minimum atomic E-state index is -1.13. The van der Waals surface area contributed by atoms with Crippen LogP contribution in [0.2, 0.25) is 0 Å². The quantitative estimate of drug-likeness (QED) is 0.231. The summed E-state index contributed by atoms with van der Waals surface area (Å²) in [5.74, 6) is -2.08. The summed E-state index contributed by atoms with van der Waals surface area (Å²) >= 11 is 3.22. The maximum atomic E-state index is 11.1. The highest BCUT2D eigenvalue weighted by molar-refractivity contribution is 9.10. The first-order valence-corrected chi connectivity index (χ1v) is 5.33. The van der Waals surface area contributed by atoms with Gasteiger partial charge in [-0.2, -0.15) is 15.6 Å². The summed E-state index contributed by atoms with van der Waals surface area (Å²) in [5, 5.41) is 33.1. The van der Waals surface area contributed by atoms with E-state index >= 15 is 0 Å². The molecule has 0 unspecified atom stereocenters. The van der Waals surface area contributed by atoms with Crippen molar-refractivity contribution >= 4 is 27.4 Å². The fraction of sp³-hybridized carbons (Fsp3) is 0. The van der Waals surface area contributed by atoms with Crippen LogP contribution in [0.4, 0.5) is 5.69 Å². The van der Waals surface area contributed by atoms with Crippen LogP contribution in [-0.2, 0) is 4.79 Å². The summed E-state index contributed by atoms with van der Waals surface area (Å²) in [6, 6.07) is 9.26. The van der Waals surface area contributed by atoms with Gasteiger partial charge in [0.05, 0.1) is 5.69 Å². The highest BCUT2D eigenvalue weighted by atomic mass is 79.9. The Balaban J connectivity index is 3.11. The normalized spacial score (nSPS) is 11.5. The molecule has 6 nitrogen and oxygen atoms in total. The van der Waals surface area contributed by atoms with Crippen LogP contribution in [0.25, 0.3) is 0 Å². The molecule has 0 bridgehead atoms. The standard InChI is InChI=1S/C11H5BrN4O2/c12-7-2-1-3-8(4-7)15-16-11(9(17)5-13)10(18)6-14/h1-4,17H/b11-9-,16-15?. The Hall–Kier alpha value is -2.51. The predicted octanol–water partition coefficient (Wildman–Crippen LogP) is 2.92. The third-order valence-corrected chi connectivity index (χ3v) is 2.21. The van der Waals surface area contributed by atoms with Crippen LogP contribution in [0.3, 0.4) is 0 Å². The molecule has 0 atom stereocenters. The molecule has 0 amide bonds. The van der Waals surface area contributed by atoms with Gasteiger partial charge >= 0.3 is 0 Å². The molecule has 1 N–H and O–H groups in total. The van der Waals surface area contributed by atoms with E-state index in [1.165, 1.54) is 12.1 Å². The summed E-state index contributed by atoms with van der Waals surface area (Å²) in [7, 11) is 0. The third kappa shape index (κ3) is 3.51. The highest BCUT2D eigenvalue weighted by Crippen LogP contribution is 2.20. The number of hydrogen-bond donors (Lipinski definition) is 1. The van der Waals surface area contributed by atoms with E-state index in [1.807, 2.05) is 0 Å². The van der Waals surface area contributed by atoms with Gasteiger partial charge in [-0.1, -0.05) is 22.0 Å². The number of carbonyl (C=O) groups is 1. The van der Waals surface area contributed by atoms with E-state index in [0.29, 0.717) is 5.69 Å². The van der Waals surface area contributed by atoms with Gasteiger partial charge in [0.15, 0.2) is 5.70 Å². The fourth-order valence-electron chi connectivity index (χ4n) is 0.952. The van der Waals surface area contributed by atoms with Crippen molar-refractivity contribution in [2.75, 3.05) is 0 Å². The van der Waals surface area contributed by atoms with Gasteiger partial charge in [-0.25, -0.2) is 0 Å². The van der Waals surface area contributed by atoms with Gasteiger partial charge in [0.25, 0.3) is 5.78 Å². The smallest absolute Gasteiger partial charge is 0.286 e. The van der Waals surface area contributed by atoms with Crippen LogP contribution in [0.5, 0.6) is 0 Å². The van der Waals surface area contributed by atoms with Gasteiger partial charge in [-0.15, -0.1) is 5.11 Å². The zero-order valence-electron chi connectivity index (χ0n) is 8.83. The molecule has 1 aromatic carbocycles. The first-order valence-electron chi connectivity index (χ1n) is 4.53. The number of aliphatic hydroxyl groups excluding tert-OH is 1. The largest absolute Gasteiger partial charge is 0.498 e. The molecule has 0 heterocycles. The van der Waals surface area contributed by atoms with Gasteiger partial charge in [-0.3, -0.25) is 4.79 Å². The summed E-state index contributed by atoms with van der Waals surface area (Å²) in [4.78, 5) is 11.1. The van der Waals surface area contributed by atoms with E-state index in [9.17, 15) is 4.79 Å². The van der Waals surface area contributed by atoms with E-state index in [0.717, 1.165) is 4.47 Å². The Bertz CT molecular complexity index is 623. The molecule has 0 aromatic heterocycles. The van der Waals surface area contributed by atoms with Crippen LogP contribution in [0, 0.1) is 22.7 Å². The molecule has 0 spiro atoms. The second-order valence-corrected chi connectivity index (χ2v) is 3.85. The lowest BCUT2D eigenvalue weighted by Gasteiger charge is -1.94. The van der Waals surface area contributed by atoms with Crippen LogP contribution in [-0.4, -0.2) is 10.9 Å². The number of rotatable bonds is 3. The van der Waals surface area contributed by atoms with Crippen molar-refractivity contribution in [3.8, 4) is 12.1 Å². The van der Waals surface area contributed by atoms with E-state index in [2.05, 4.69) is 26.2 Å². The number of hydrogen-bond acceptors (Lipinski definition) is 6.